The minimum Gasteiger partial charge on any atom is -0.493 e. The number of pyridine rings is 2. The molecule has 6 heteroatoms. The summed E-state index contributed by atoms with van der Waals surface area (Å²) in [5.74, 6) is 1.10. The molecule has 138 valence electrons. The van der Waals surface area contributed by atoms with Crippen molar-refractivity contribution in [1.29, 1.82) is 0 Å². The number of fused-ring (bicyclic) bond motifs is 2. The summed E-state index contributed by atoms with van der Waals surface area (Å²) in [6.07, 6.45) is 3.53. The molecule has 1 atom stereocenters. The number of methoxy groups -OCH3 is 2. The van der Waals surface area contributed by atoms with E-state index >= 15 is 0 Å². The maximum Gasteiger partial charge on any atom is 0.277 e. The number of anilines is 1. The van der Waals surface area contributed by atoms with Crippen LogP contribution in [0.25, 0.3) is 10.9 Å². The summed E-state index contributed by atoms with van der Waals surface area (Å²) >= 11 is 0. The highest BCUT2D eigenvalue weighted by molar-refractivity contribution is 6.06. The Bertz CT molecular complexity index is 1020. The van der Waals surface area contributed by atoms with Crippen molar-refractivity contribution in [3.05, 3.63) is 54.0 Å². The highest BCUT2D eigenvalue weighted by atomic mass is 16.5. The smallest absolute Gasteiger partial charge is 0.277 e. The van der Waals surface area contributed by atoms with Crippen LogP contribution in [-0.2, 0) is 6.42 Å². The normalized spacial score (nSPS) is 16.1. The lowest BCUT2D eigenvalue weighted by Crippen LogP contribution is -2.42. The summed E-state index contributed by atoms with van der Waals surface area (Å²) in [5.41, 5.74) is 2.92. The summed E-state index contributed by atoms with van der Waals surface area (Å²) in [7, 11) is 3.18. The number of aryl methyl sites for hydroxylation is 1. The predicted molar refractivity (Wildman–Crippen MR) is 104 cm³/mol. The van der Waals surface area contributed by atoms with Gasteiger partial charge in [-0.3, -0.25) is 9.78 Å². The number of carbonyl (C=O) groups is 1. The zero-order chi connectivity index (χ0) is 19.0. The molecule has 1 unspecified atom stereocenters. The minimum atomic E-state index is -0.117. The van der Waals surface area contributed by atoms with Crippen LogP contribution in [0.2, 0.25) is 0 Å². The molecule has 0 saturated carbocycles. The molecule has 2 aromatic heterocycles. The molecule has 1 aliphatic rings. The quantitative estimate of drug-likeness (QED) is 0.711. The van der Waals surface area contributed by atoms with Crippen LogP contribution in [0.3, 0.4) is 0 Å². The third-order valence-electron chi connectivity index (χ3n) is 5.00. The fourth-order valence-corrected chi connectivity index (χ4v) is 3.56. The Morgan fingerprint density at radius 1 is 1.15 bits per heavy atom. The summed E-state index contributed by atoms with van der Waals surface area (Å²) in [5, 5.41) is 0.887. The predicted octanol–water partition coefficient (Wildman–Crippen LogP) is 3.63. The van der Waals surface area contributed by atoms with E-state index in [2.05, 4.69) is 16.9 Å². The maximum absolute atomic E-state index is 13.3. The number of aromatic nitrogens is 2. The van der Waals surface area contributed by atoms with Gasteiger partial charge in [0.25, 0.3) is 5.91 Å². The Hall–Kier alpha value is -3.15. The Balaban J connectivity index is 1.77. The van der Waals surface area contributed by atoms with Crippen LogP contribution in [0.4, 0.5) is 5.69 Å². The van der Waals surface area contributed by atoms with E-state index in [4.69, 9.17) is 9.47 Å². The van der Waals surface area contributed by atoms with E-state index in [1.807, 2.05) is 24.3 Å². The Labute approximate surface area is 157 Å². The molecule has 1 aromatic carbocycles. The monoisotopic (exact) mass is 363 g/mol. The lowest BCUT2D eigenvalue weighted by molar-refractivity contribution is 0.0970. The lowest BCUT2D eigenvalue weighted by Gasteiger charge is -2.34. The third-order valence-corrected chi connectivity index (χ3v) is 5.00. The fraction of sp³-hybridized carbons (Fsp3) is 0.286. The number of amides is 1. The van der Waals surface area contributed by atoms with Crippen molar-refractivity contribution < 1.29 is 14.3 Å². The van der Waals surface area contributed by atoms with E-state index in [0.717, 1.165) is 29.6 Å². The van der Waals surface area contributed by atoms with Gasteiger partial charge in [0, 0.05) is 23.7 Å². The Morgan fingerprint density at radius 2 is 1.93 bits per heavy atom. The molecule has 0 aliphatic carbocycles. The van der Waals surface area contributed by atoms with Gasteiger partial charge in [0.2, 0.25) is 0 Å². The highest BCUT2D eigenvalue weighted by Crippen LogP contribution is 2.33. The van der Waals surface area contributed by atoms with Crippen molar-refractivity contribution in [2.24, 2.45) is 0 Å². The molecule has 0 radical (unpaired) electrons. The molecule has 0 fully saturated rings. The summed E-state index contributed by atoms with van der Waals surface area (Å²) in [4.78, 5) is 24.1. The number of rotatable bonds is 3. The van der Waals surface area contributed by atoms with Gasteiger partial charge in [-0.2, -0.15) is 0 Å². The first kappa shape index (κ1) is 17.3. The number of benzene rings is 1. The molecule has 6 nitrogen and oxygen atoms in total. The summed E-state index contributed by atoms with van der Waals surface area (Å²) in [6.45, 7) is 2.06. The molecule has 4 rings (SSSR count). The SMILES string of the molecule is COc1cc2ccc(C(=O)N3c4cccnc4CCC3C)nc2cc1OC. The Morgan fingerprint density at radius 3 is 2.70 bits per heavy atom. The molecule has 0 saturated heterocycles. The maximum atomic E-state index is 13.3. The van der Waals surface area contributed by atoms with Gasteiger partial charge in [0.1, 0.15) is 5.69 Å². The van der Waals surface area contributed by atoms with Gasteiger partial charge in [-0.25, -0.2) is 4.98 Å². The molecule has 0 bridgehead atoms. The zero-order valence-electron chi connectivity index (χ0n) is 15.6. The number of hydrogen-bond acceptors (Lipinski definition) is 5. The summed E-state index contributed by atoms with van der Waals surface area (Å²) in [6, 6.07) is 11.2. The van der Waals surface area contributed by atoms with E-state index < -0.39 is 0 Å². The van der Waals surface area contributed by atoms with E-state index in [9.17, 15) is 4.79 Å². The zero-order valence-corrected chi connectivity index (χ0v) is 15.6. The molecule has 27 heavy (non-hydrogen) atoms. The largest absolute Gasteiger partial charge is 0.493 e. The number of carbonyl (C=O) groups excluding carboxylic acids is 1. The van der Waals surface area contributed by atoms with Crippen LogP contribution >= 0.6 is 0 Å². The molecule has 0 spiro atoms. The molecule has 1 aliphatic heterocycles. The molecule has 0 N–H and O–H groups in total. The molecular weight excluding hydrogens is 342 g/mol. The molecule has 3 aromatic rings. The van der Waals surface area contributed by atoms with Gasteiger partial charge in [-0.15, -0.1) is 0 Å². The van der Waals surface area contributed by atoms with Crippen molar-refractivity contribution >= 4 is 22.5 Å². The lowest BCUT2D eigenvalue weighted by atomic mass is 10.0. The third kappa shape index (κ3) is 2.97. The number of ether oxygens (including phenoxy) is 2. The number of nitrogens with zero attached hydrogens (tertiary/aromatic N) is 3. The van der Waals surface area contributed by atoms with E-state index in [0.29, 0.717) is 22.7 Å². The van der Waals surface area contributed by atoms with Gasteiger partial charge < -0.3 is 14.4 Å². The van der Waals surface area contributed by atoms with Gasteiger partial charge in [0.15, 0.2) is 11.5 Å². The van der Waals surface area contributed by atoms with Crippen molar-refractivity contribution in [2.75, 3.05) is 19.1 Å². The van der Waals surface area contributed by atoms with Gasteiger partial charge in [-0.05, 0) is 44.0 Å². The van der Waals surface area contributed by atoms with Crippen LogP contribution in [0, 0.1) is 0 Å². The van der Waals surface area contributed by atoms with Gasteiger partial charge in [-0.1, -0.05) is 6.07 Å². The van der Waals surface area contributed by atoms with Crippen LogP contribution in [0.15, 0.2) is 42.6 Å². The second kappa shape index (κ2) is 6.87. The van der Waals surface area contributed by atoms with Crippen LogP contribution in [0.5, 0.6) is 11.5 Å². The van der Waals surface area contributed by atoms with Gasteiger partial charge >= 0.3 is 0 Å². The first-order chi connectivity index (χ1) is 13.1. The standard InChI is InChI=1S/C21H21N3O3/c1-13-6-8-15-18(5-4-10-22-15)24(13)21(25)16-9-7-14-11-19(26-2)20(27-3)12-17(14)23-16/h4-5,7,9-13H,6,8H2,1-3H3. The average Bonchev–Trinajstić information content (AvgIpc) is 2.71. The first-order valence-corrected chi connectivity index (χ1v) is 8.92. The minimum absolute atomic E-state index is 0.0945. The van der Waals surface area contributed by atoms with E-state index in [1.54, 1.807) is 37.4 Å². The number of hydrogen-bond donors (Lipinski definition) is 0. The van der Waals surface area contributed by atoms with Gasteiger partial charge in [0.05, 0.1) is 31.1 Å². The molecule has 1 amide bonds. The summed E-state index contributed by atoms with van der Waals surface area (Å²) < 4.78 is 10.7. The Kier molecular flexibility index (Phi) is 4.39. The second-order valence-corrected chi connectivity index (χ2v) is 6.63. The molecular formula is C21H21N3O3. The van der Waals surface area contributed by atoms with E-state index in [-0.39, 0.29) is 11.9 Å². The van der Waals surface area contributed by atoms with Crippen molar-refractivity contribution in [3.63, 3.8) is 0 Å². The highest BCUT2D eigenvalue weighted by Gasteiger charge is 2.30. The fourth-order valence-electron chi connectivity index (χ4n) is 3.56. The van der Waals surface area contributed by atoms with Crippen molar-refractivity contribution in [2.45, 2.75) is 25.8 Å². The topological polar surface area (TPSA) is 64.5 Å². The second-order valence-electron chi connectivity index (χ2n) is 6.63. The van der Waals surface area contributed by atoms with Crippen molar-refractivity contribution in [3.8, 4) is 11.5 Å². The van der Waals surface area contributed by atoms with Crippen LogP contribution in [0.1, 0.15) is 29.5 Å². The first-order valence-electron chi connectivity index (χ1n) is 8.92. The average molecular weight is 363 g/mol. The van der Waals surface area contributed by atoms with Crippen LogP contribution in [-0.4, -0.2) is 36.1 Å². The van der Waals surface area contributed by atoms with Crippen molar-refractivity contribution in [1.82, 2.24) is 9.97 Å². The molecule has 3 heterocycles. The van der Waals surface area contributed by atoms with E-state index in [1.165, 1.54) is 0 Å². The van der Waals surface area contributed by atoms with Crippen LogP contribution < -0.4 is 14.4 Å².